The van der Waals surface area contributed by atoms with Crippen molar-refractivity contribution in [1.82, 2.24) is 9.78 Å². The molecule has 3 aromatic rings. The van der Waals surface area contributed by atoms with Gasteiger partial charge in [-0.1, -0.05) is 42.0 Å². The minimum atomic E-state index is -0.940. The lowest BCUT2D eigenvalue weighted by Gasteiger charge is -2.34. The molecule has 1 aliphatic carbocycles. The van der Waals surface area contributed by atoms with Gasteiger partial charge >= 0.3 is 0 Å². The maximum atomic E-state index is 11.3. The van der Waals surface area contributed by atoms with Gasteiger partial charge in [0.15, 0.2) is 0 Å². The van der Waals surface area contributed by atoms with E-state index in [0.717, 1.165) is 35.3 Å². The van der Waals surface area contributed by atoms with Crippen LogP contribution in [0.5, 0.6) is 0 Å². The number of aliphatic hydroxyl groups excluding tert-OH is 1. The molecule has 1 fully saturated rings. The van der Waals surface area contributed by atoms with E-state index in [4.69, 9.17) is 9.84 Å². The van der Waals surface area contributed by atoms with Gasteiger partial charge in [-0.3, -0.25) is 0 Å². The molecule has 0 bridgehead atoms. The van der Waals surface area contributed by atoms with Crippen LogP contribution < -0.4 is 0 Å². The highest BCUT2D eigenvalue weighted by Gasteiger charge is 2.37. The first-order chi connectivity index (χ1) is 14.0. The van der Waals surface area contributed by atoms with Gasteiger partial charge in [-0.15, -0.1) is 0 Å². The van der Waals surface area contributed by atoms with Crippen LogP contribution in [-0.4, -0.2) is 33.2 Å². The van der Waals surface area contributed by atoms with E-state index in [-0.39, 0.29) is 12.7 Å². The molecule has 1 aromatic heterocycles. The normalized spacial score (nSPS) is 22.0. The van der Waals surface area contributed by atoms with E-state index in [0.29, 0.717) is 18.5 Å². The third-order valence-corrected chi connectivity index (χ3v) is 5.99. The largest absolute Gasteiger partial charge is 0.392 e. The summed E-state index contributed by atoms with van der Waals surface area (Å²) in [5, 5.41) is 25.5. The van der Waals surface area contributed by atoms with Crippen LogP contribution in [0.1, 0.15) is 42.5 Å². The van der Waals surface area contributed by atoms with Crippen LogP contribution in [0.2, 0.25) is 0 Å². The number of aryl methyl sites for hydroxylation is 1. The second kappa shape index (κ2) is 8.11. The van der Waals surface area contributed by atoms with E-state index >= 15 is 0 Å². The van der Waals surface area contributed by atoms with Crippen molar-refractivity contribution in [3.63, 3.8) is 0 Å². The molecule has 29 heavy (non-hydrogen) atoms. The fraction of sp³-hybridized carbons (Fsp3) is 0.375. The summed E-state index contributed by atoms with van der Waals surface area (Å²) in [4.78, 5) is 0. The molecule has 4 rings (SSSR count). The van der Waals surface area contributed by atoms with Gasteiger partial charge < -0.3 is 14.9 Å². The number of rotatable bonds is 5. The number of benzene rings is 2. The Hall–Kier alpha value is -2.47. The third kappa shape index (κ3) is 3.99. The molecule has 2 N–H and O–H groups in total. The molecule has 0 radical (unpaired) electrons. The van der Waals surface area contributed by atoms with Crippen molar-refractivity contribution in [2.75, 3.05) is 7.11 Å². The third-order valence-electron chi connectivity index (χ3n) is 5.99. The van der Waals surface area contributed by atoms with Crippen molar-refractivity contribution >= 4 is 0 Å². The molecule has 1 heterocycles. The van der Waals surface area contributed by atoms with E-state index in [1.54, 1.807) is 7.11 Å². The van der Waals surface area contributed by atoms with Crippen molar-refractivity contribution in [2.45, 2.75) is 50.9 Å². The lowest BCUT2D eigenvalue weighted by Crippen LogP contribution is -2.34. The van der Waals surface area contributed by atoms with Gasteiger partial charge in [-0.2, -0.15) is 5.10 Å². The molecule has 1 aliphatic rings. The summed E-state index contributed by atoms with van der Waals surface area (Å²) in [5.41, 5.74) is 4.71. The lowest BCUT2D eigenvalue weighted by atomic mass is 9.81. The molecule has 5 heteroatoms. The Bertz CT molecular complexity index is 953. The van der Waals surface area contributed by atoms with Gasteiger partial charge in [0.1, 0.15) is 5.60 Å². The average molecular weight is 392 g/mol. The Kier molecular flexibility index (Phi) is 5.54. The molecule has 0 saturated heterocycles. The molecular formula is C24H28N2O3. The molecule has 2 aromatic carbocycles. The standard InChI is InChI=1S/C24H28N2O3/c1-17-3-7-19(8-4-17)22-15-23(24(28)13-11-21(29-2)12-14-24)25-26(22)20-9-5-18(16-27)6-10-20/h3-10,15,21,27-28H,11-14,16H2,1-2H3. The Morgan fingerprint density at radius 3 is 2.31 bits per heavy atom. The minimum absolute atomic E-state index is 0.00980. The van der Waals surface area contributed by atoms with Crippen LogP contribution in [0, 0.1) is 6.92 Å². The van der Waals surface area contributed by atoms with Gasteiger partial charge in [0.2, 0.25) is 0 Å². The van der Waals surface area contributed by atoms with Crippen molar-refractivity contribution in [2.24, 2.45) is 0 Å². The quantitative estimate of drug-likeness (QED) is 0.686. The van der Waals surface area contributed by atoms with Crippen molar-refractivity contribution in [1.29, 1.82) is 0 Å². The van der Waals surface area contributed by atoms with Crippen molar-refractivity contribution in [3.05, 3.63) is 71.4 Å². The first-order valence-electron chi connectivity index (χ1n) is 10.2. The molecule has 5 nitrogen and oxygen atoms in total. The summed E-state index contributed by atoms with van der Waals surface area (Å²) in [7, 11) is 1.73. The van der Waals surface area contributed by atoms with Crippen LogP contribution in [-0.2, 0) is 16.9 Å². The molecule has 0 unspecified atom stereocenters. The van der Waals surface area contributed by atoms with Crippen LogP contribution >= 0.6 is 0 Å². The van der Waals surface area contributed by atoms with Crippen molar-refractivity contribution in [3.8, 4) is 16.9 Å². The number of nitrogens with zero attached hydrogens (tertiary/aromatic N) is 2. The van der Waals surface area contributed by atoms with Gasteiger partial charge in [0.25, 0.3) is 0 Å². The maximum Gasteiger partial charge on any atom is 0.109 e. The Morgan fingerprint density at radius 1 is 1.07 bits per heavy atom. The Morgan fingerprint density at radius 2 is 1.72 bits per heavy atom. The SMILES string of the molecule is COC1CCC(O)(c2cc(-c3ccc(C)cc3)n(-c3ccc(CO)cc3)n2)CC1. The summed E-state index contributed by atoms with van der Waals surface area (Å²) < 4.78 is 7.35. The molecule has 0 spiro atoms. The summed E-state index contributed by atoms with van der Waals surface area (Å²) in [6.07, 6.45) is 3.13. The van der Waals surface area contributed by atoms with E-state index in [2.05, 4.69) is 31.2 Å². The molecular weight excluding hydrogens is 364 g/mol. The number of hydrogen-bond acceptors (Lipinski definition) is 4. The highest BCUT2D eigenvalue weighted by molar-refractivity contribution is 5.63. The highest BCUT2D eigenvalue weighted by atomic mass is 16.5. The highest BCUT2D eigenvalue weighted by Crippen LogP contribution is 2.39. The van der Waals surface area contributed by atoms with E-state index < -0.39 is 5.60 Å². The summed E-state index contributed by atoms with van der Waals surface area (Å²) in [5.74, 6) is 0. The van der Waals surface area contributed by atoms with Gasteiger partial charge in [0, 0.05) is 12.7 Å². The lowest BCUT2D eigenvalue weighted by molar-refractivity contribution is -0.0502. The molecule has 0 atom stereocenters. The first kappa shape index (κ1) is 19.8. The first-order valence-corrected chi connectivity index (χ1v) is 10.2. The van der Waals surface area contributed by atoms with Gasteiger partial charge in [-0.05, 0) is 56.4 Å². The van der Waals surface area contributed by atoms with E-state index in [1.165, 1.54) is 5.56 Å². The van der Waals surface area contributed by atoms with Crippen LogP contribution in [0.25, 0.3) is 16.9 Å². The smallest absolute Gasteiger partial charge is 0.109 e. The summed E-state index contributed by atoms with van der Waals surface area (Å²) >= 11 is 0. The maximum absolute atomic E-state index is 11.3. The fourth-order valence-electron chi connectivity index (χ4n) is 4.04. The monoisotopic (exact) mass is 392 g/mol. The molecule has 0 amide bonds. The topological polar surface area (TPSA) is 67.5 Å². The average Bonchev–Trinajstić information content (AvgIpc) is 3.21. The fourth-order valence-corrected chi connectivity index (χ4v) is 4.04. The van der Waals surface area contributed by atoms with Crippen LogP contribution in [0.4, 0.5) is 0 Å². The minimum Gasteiger partial charge on any atom is -0.392 e. The number of hydrogen-bond donors (Lipinski definition) is 2. The second-order valence-electron chi connectivity index (χ2n) is 7.98. The van der Waals surface area contributed by atoms with Gasteiger partial charge in [0.05, 0.1) is 29.8 Å². The Balaban J connectivity index is 1.77. The molecule has 0 aliphatic heterocycles. The number of methoxy groups -OCH3 is 1. The number of aliphatic hydroxyl groups is 2. The van der Waals surface area contributed by atoms with Gasteiger partial charge in [-0.25, -0.2) is 4.68 Å². The van der Waals surface area contributed by atoms with E-state index in [1.807, 2.05) is 35.0 Å². The Labute approximate surface area is 171 Å². The van der Waals surface area contributed by atoms with Crippen LogP contribution in [0.3, 0.4) is 0 Å². The zero-order valence-corrected chi connectivity index (χ0v) is 17.0. The van der Waals surface area contributed by atoms with E-state index in [9.17, 15) is 10.2 Å². The van der Waals surface area contributed by atoms with Crippen molar-refractivity contribution < 1.29 is 14.9 Å². The number of aromatic nitrogens is 2. The molecule has 152 valence electrons. The predicted octanol–water partition coefficient (Wildman–Crippen LogP) is 4.12. The second-order valence-corrected chi connectivity index (χ2v) is 7.98. The number of ether oxygens (including phenoxy) is 1. The zero-order valence-electron chi connectivity index (χ0n) is 17.0. The van der Waals surface area contributed by atoms with Crippen LogP contribution in [0.15, 0.2) is 54.6 Å². The zero-order chi connectivity index (χ0) is 20.4. The summed E-state index contributed by atoms with van der Waals surface area (Å²) in [6, 6.07) is 18.0. The summed E-state index contributed by atoms with van der Waals surface area (Å²) in [6.45, 7) is 2.08. The molecule has 1 saturated carbocycles. The predicted molar refractivity (Wildman–Crippen MR) is 113 cm³/mol.